The summed E-state index contributed by atoms with van der Waals surface area (Å²) in [6.45, 7) is 10.2. The molecule has 0 aliphatic rings. The smallest absolute Gasteiger partial charge is 0.00965 e. The van der Waals surface area contributed by atoms with Crippen molar-refractivity contribution in [2.24, 2.45) is 0 Å². The number of benzene rings is 1. The molecule has 0 bridgehead atoms. The fourth-order valence-electron chi connectivity index (χ4n) is 2.22. The Bertz CT molecular complexity index is 340. The molecule has 0 aliphatic carbocycles. The highest BCUT2D eigenvalue weighted by Gasteiger charge is 2.07. The first-order valence-corrected chi connectivity index (χ1v) is 7.95. The van der Waals surface area contributed by atoms with E-state index in [9.17, 15) is 0 Å². The molecule has 0 saturated carbocycles. The van der Waals surface area contributed by atoms with Crippen LogP contribution in [0.2, 0.25) is 0 Å². The molecule has 0 fully saturated rings. The van der Waals surface area contributed by atoms with Crippen molar-refractivity contribution in [2.75, 3.05) is 26.7 Å². The highest BCUT2D eigenvalue weighted by molar-refractivity contribution is 5.14. The zero-order chi connectivity index (χ0) is 14.8. The number of nitrogens with zero attached hydrogens (tertiary/aromatic N) is 1. The van der Waals surface area contributed by atoms with Crippen molar-refractivity contribution >= 4 is 0 Å². The standard InChI is InChI=1S/C18H32N2/c1-18(2,3)19-14-9-6-10-15-20(4)16-13-17-11-7-5-8-12-17/h5,7-8,11-12,19H,6,9-10,13-16H2,1-4H3. The Morgan fingerprint density at radius 2 is 1.65 bits per heavy atom. The van der Waals surface area contributed by atoms with Crippen LogP contribution in [0.15, 0.2) is 30.3 Å². The Morgan fingerprint density at radius 3 is 2.30 bits per heavy atom. The Labute approximate surface area is 125 Å². The highest BCUT2D eigenvalue weighted by atomic mass is 15.1. The topological polar surface area (TPSA) is 15.3 Å². The maximum atomic E-state index is 3.54. The lowest BCUT2D eigenvalue weighted by atomic mass is 10.1. The quantitative estimate of drug-likeness (QED) is 0.692. The Morgan fingerprint density at radius 1 is 0.950 bits per heavy atom. The van der Waals surface area contributed by atoms with E-state index in [0.717, 1.165) is 19.5 Å². The van der Waals surface area contributed by atoms with E-state index < -0.39 is 0 Å². The van der Waals surface area contributed by atoms with Gasteiger partial charge >= 0.3 is 0 Å². The normalized spacial score (nSPS) is 12.1. The first-order valence-electron chi connectivity index (χ1n) is 7.95. The number of unbranched alkanes of at least 4 members (excludes halogenated alkanes) is 2. The van der Waals surface area contributed by atoms with Crippen molar-refractivity contribution < 1.29 is 0 Å². The van der Waals surface area contributed by atoms with Gasteiger partial charge in [-0.2, -0.15) is 0 Å². The minimum Gasteiger partial charge on any atom is -0.312 e. The van der Waals surface area contributed by atoms with Crippen molar-refractivity contribution in [2.45, 2.75) is 52.0 Å². The molecule has 0 amide bonds. The van der Waals surface area contributed by atoms with E-state index in [4.69, 9.17) is 0 Å². The zero-order valence-corrected chi connectivity index (χ0v) is 13.8. The lowest BCUT2D eigenvalue weighted by Crippen LogP contribution is -2.36. The van der Waals surface area contributed by atoms with E-state index >= 15 is 0 Å². The molecule has 1 aromatic rings. The van der Waals surface area contributed by atoms with Gasteiger partial charge in [0.1, 0.15) is 0 Å². The van der Waals surface area contributed by atoms with Gasteiger partial charge in [0, 0.05) is 12.1 Å². The molecular formula is C18H32N2. The van der Waals surface area contributed by atoms with Gasteiger partial charge in [0.25, 0.3) is 0 Å². The maximum absolute atomic E-state index is 3.54. The van der Waals surface area contributed by atoms with Crippen LogP contribution in [0, 0.1) is 0 Å². The summed E-state index contributed by atoms with van der Waals surface area (Å²) >= 11 is 0. The molecule has 0 aliphatic heterocycles. The van der Waals surface area contributed by atoms with Crippen LogP contribution in [0.5, 0.6) is 0 Å². The number of nitrogens with one attached hydrogen (secondary N) is 1. The summed E-state index contributed by atoms with van der Waals surface area (Å²) in [5.74, 6) is 0. The molecule has 0 unspecified atom stereocenters. The van der Waals surface area contributed by atoms with Crippen LogP contribution in [0.4, 0.5) is 0 Å². The fraction of sp³-hybridized carbons (Fsp3) is 0.667. The molecule has 1 N–H and O–H groups in total. The van der Waals surface area contributed by atoms with Gasteiger partial charge in [-0.25, -0.2) is 0 Å². The van der Waals surface area contributed by atoms with Crippen LogP contribution in [0.25, 0.3) is 0 Å². The number of likely N-dealkylation sites (N-methyl/N-ethyl adjacent to an activating group) is 1. The molecule has 114 valence electrons. The molecule has 0 saturated heterocycles. The fourth-order valence-corrected chi connectivity index (χ4v) is 2.22. The van der Waals surface area contributed by atoms with Crippen LogP contribution >= 0.6 is 0 Å². The minimum absolute atomic E-state index is 0.256. The van der Waals surface area contributed by atoms with Gasteiger partial charge in [-0.05, 0) is 65.7 Å². The molecule has 0 atom stereocenters. The van der Waals surface area contributed by atoms with E-state index in [1.165, 1.54) is 31.4 Å². The van der Waals surface area contributed by atoms with Crippen LogP contribution in [-0.2, 0) is 6.42 Å². The summed E-state index contributed by atoms with van der Waals surface area (Å²) in [7, 11) is 2.23. The van der Waals surface area contributed by atoms with Crippen molar-refractivity contribution in [3.05, 3.63) is 35.9 Å². The van der Waals surface area contributed by atoms with Gasteiger partial charge < -0.3 is 10.2 Å². The monoisotopic (exact) mass is 276 g/mol. The van der Waals surface area contributed by atoms with E-state index in [0.29, 0.717) is 0 Å². The van der Waals surface area contributed by atoms with E-state index in [2.05, 4.69) is 68.4 Å². The predicted octanol–water partition coefficient (Wildman–Crippen LogP) is 3.72. The summed E-state index contributed by atoms with van der Waals surface area (Å²) in [6, 6.07) is 10.8. The average molecular weight is 276 g/mol. The highest BCUT2D eigenvalue weighted by Crippen LogP contribution is 2.03. The largest absolute Gasteiger partial charge is 0.312 e. The van der Waals surface area contributed by atoms with Crippen LogP contribution in [0.1, 0.15) is 45.6 Å². The second-order valence-corrected chi connectivity index (χ2v) is 6.78. The van der Waals surface area contributed by atoms with E-state index in [-0.39, 0.29) is 5.54 Å². The molecule has 0 heterocycles. The third-order valence-electron chi connectivity index (χ3n) is 3.50. The first-order chi connectivity index (χ1) is 9.47. The molecule has 2 nitrogen and oxygen atoms in total. The molecule has 0 spiro atoms. The van der Waals surface area contributed by atoms with E-state index in [1.807, 2.05) is 0 Å². The predicted molar refractivity (Wildman–Crippen MR) is 89.2 cm³/mol. The number of hydrogen-bond donors (Lipinski definition) is 1. The third kappa shape index (κ3) is 9.11. The molecule has 2 heteroatoms. The summed E-state index contributed by atoms with van der Waals surface area (Å²) in [4.78, 5) is 2.45. The Balaban J connectivity index is 1.99. The third-order valence-corrected chi connectivity index (χ3v) is 3.50. The van der Waals surface area contributed by atoms with Gasteiger partial charge in [-0.1, -0.05) is 36.8 Å². The molecule has 1 aromatic carbocycles. The van der Waals surface area contributed by atoms with Gasteiger partial charge in [0.05, 0.1) is 0 Å². The second-order valence-electron chi connectivity index (χ2n) is 6.78. The number of rotatable bonds is 9. The van der Waals surface area contributed by atoms with Gasteiger partial charge in [0.2, 0.25) is 0 Å². The Kier molecular flexibility index (Phi) is 7.86. The van der Waals surface area contributed by atoms with Crippen LogP contribution < -0.4 is 5.32 Å². The molecule has 1 rings (SSSR count). The first kappa shape index (κ1) is 17.2. The molecule has 0 aromatic heterocycles. The van der Waals surface area contributed by atoms with Crippen molar-refractivity contribution in [1.82, 2.24) is 10.2 Å². The minimum atomic E-state index is 0.256. The van der Waals surface area contributed by atoms with Gasteiger partial charge in [0.15, 0.2) is 0 Å². The Hall–Kier alpha value is -0.860. The summed E-state index contributed by atoms with van der Waals surface area (Å²) in [5.41, 5.74) is 1.70. The lowest BCUT2D eigenvalue weighted by molar-refractivity contribution is 0.326. The average Bonchev–Trinajstić information content (AvgIpc) is 2.40. The van der Waals surface area contributed by atoms with Crippen molar-refractivity contribution in [3.8, 4) is 0 Å². The summed E-state index contributed by atoms with van der Waals surface area (Å²) < 4.78 is 0. The molecule has 0 radical (unpaired) electrons. The van der Waals surface area contributed by atoms with Gasteiger partial charge in [-0.3, -0.25) is 0 Å². The maximum Gasteiger partial charge on any atom is 0.00965 e. The van der Waals surface area contributed by atoms with E-state index in [1.54, 1.807) is 0 Å². The molecular weight excluding hydrogens is 244 g/mol. The summed E-state index contributed by atoms with van der Waals surface area (Å²) in [5, 5.41) is 3.54. The summed E-state index contributed by atoms with van der Waals surface area (Å²) in [6.07, 6.45) is 5.06. The van der Waals surface area contributed by atoms with Gasteiger partial charge in [-0.15, -0.1) is 0 Å². The zero-order valence-electron chi connectivity index (χ0n) is 13.8. The van der Waals surface area contributed by atoms with Crippen molar-refractivity contribution in [3.63, 3.8) is 0 Å². The SMILES string of the molecule is CN(CCCCCNC(C)(C)C)CCc1ccccc1. The molecule has 20 heavy (non-hydrogen) atoms. The van der Waals surface area contributed by atoms with Crippen molar-refractivity contribution in [1.29, 1.82) is 0 Å². The second kappa shape index (κ2) is 9.15. The lowest BCUT2D eigenvalue weighted by Gasteiger charge is -2.20. The van der Waals surface area contributed by atoms with Crippen LogP contribution in [0.3, 0.4) is 0 Å². The van der Waals surface area contributed by atoms with Crippen LogP contribution in [-0.4, -0.2) is 37.1 Å². The number of hydrogen-bond acceptors (Lipinski definition) is 2.